The molecule has 20 heavy (non-hydrogen) atoms. The molecule has 0 fully saturated rings. The Balaban J connectivity index is 2.07. The SMILES string of the molecule is CCc1ncc(CN(C)[C@H](CC)c2ccccc2)cn1. The molecule has 0 bridgehead atoms. The predicted molar refractivity (Wildman–Crippen MR) is 82.4 cm³/mol. The first-order valence-electron chi connectivity index (χ1n) is 7.29. The highest BCUT2D eigenvalue weighted by atomic mass is 15.1. The highest BCUT2D eigenvalue weighted by molar-refractivity contribution is 5.19. The lowest BCUT2D eigenvalue weighted by Gasteiger charge is -2.27. The van der Waals surface area contributed by atoms with Crippen LogP contribution in [-0.2, 0) is 13.0 Å². The number of rotatable bonds is 6. The molecule has 106 valence electrons. The van der Waals surface area contributed by atoms with Crippen molar-refractivity contribution in [1.29, 1.82) is 0 Å². The lowest BCUT2D eigenvalue weighted by molar-refractivity contribution is 0.230. The number of hydrogen-bond acceptors (Lipinski definition) is 3. The van der Waals surface area contributed by atoms with E-state index in [-0.39, 0.29) is 0 Å². The van der Waals surface area contributed by atoms with Gasteiger partial charge in [-0.2, -0.15) is 0 Å². The number of nitrogens with zero attached hydrogens (tertiary/aromatic N) is 3. The number of hydrogen-bond donors (Lipinski definition) is 0. The summed E-state index contributed by atoms with van der Waals surface area (Å²) in [7, 11) is 2.16. The van der Waals surface area contributed by atoms with Gasteiger partial charge in [0.05, 0.1) is 0 Å². The summed E-state index contributed by atoms with van der Waals surface area (Å²) in [6.07, 6.45) is 5.87. The van der Waals surface area contributed by atoms with E-state index in [1.54, 1.807) is 0 Å². The standard InChI is InChI=1S/C17H23N3/c1-4-16(15-9-7-6-8-10-15)20(3)13-14-11-18-17(5-2)19-12-14/h6-12,16H,4-5,13H2,1-3H3/t16-/m1/s1. The topological polar surface area (TPSA) is 29.0 Å². The smallest absolute Gasteiger partial charge is 0.127 e. The second kappa shape index (κ2) is 7.15. The van der Waals surface area contributed by atoms with E-state index in [2.05, 4.69) is 66.1 Å². The van der Waals surface area contributed by atoms with Crippen molar-refractivity contribution in [3.8, 4) is 0 Å². The van der Waals surface area contributed by atoms with Crippen LogP contribution in [0.15, 0.2) is 42.7 Å². The summed E-state index contributed by atoms with van der Waals surface area (Å²) in [5, 5.41) is 0. The van der Waals surface area contributed by atoms with Crippen molar-refractivity contribution in [2.45, 2.75) is 39.3 Å². The van der Waals surface area contributed by atoms with Gasteiger partial charge in [0.25, 0.3) is 0 Å². The van der Waals surface area contributed by atoms with E-state index in [1.807, 2.05) is 12.4 Å². The van der Waals surface area contributed by atoms with E-state index in [0.29, 0.717) is 6.04 Å². The first kappa shape index (κ1) is 14.7. The van der Waals surface area contributed by atoms with Gasteiger partial charge in [-0.25, -0.2) is 9.97 Å². The molecule has 0 saturated carbocycles. The van der Waals surface area contributed by atoms with Crippen molar-refractivity contribution in [3.05, 3.63) is 59.7 Å². The van der Waals surface area contributed by atoms with Gasteiger partial charge in [0.2, 0.25) is 0 Å². The Morgan fingerprint density at radius 2 is 1.70 bits per heavy atom. The first-order valence-corrected chi connectivity index (χ1v) is 7.29. The molecular formula is C17H23N3. The van der Waals surface area contributed by atoms with Crippen molar-refractivity contribution in [3.63, 3.8) is 0 Å². The van der Waals surface area contributed by atoms with E-state index in [4.69, 9.17) is 0 Å². The molecule has 0 radical (unpaired) electrons. The molecule has 0 saturated heterocycles. The third-order valence-corrected chi connectivity index (χ3v) is 3.61. The van der Waals surface area contributed by atoms with Crippen molar-refractivity contribution in [2.24, 2.45) is 0 Å². The zero-order valence-corrected chi connectivity index (χ0v) is 12.6. The zero-order valence-electron chi connectivity index (χ0n) is 12.6. The van der Waals surface area contributed by atoms with Gasteiger partial charge in [0.1, 0.15) is 5.82 Å². The molecule has 2 aromatic rings. The molecule has 1 aromatic carbocycles. The fraction of sp³-hybridized carbons (Fsp3) is 0.412. The molecule has 3 heteroatoms. The Morgan fingerprint density at radius 3 is 2.25 bits per heavy atom. The lowest BCUT2D eigenvalue weighted by Crippen LogP contribution is -2.24. The predicted octanol–water partition coefficient (Wildman–Crippen LogP) is 3.62. The summed E-state index contributed by atoms with van der Waals surface area (Å²) in [6, 6.07) is 11.1. The molecule has 0 unspecified atom stereocenters. The first-order chi connectivity index (χ1) is 9.74. The largest absolute Gasteiger partial charge is 0.295 e. The Kier molecular flexibility index (Phi) is 5.24. The van der Waals surface area contributed by atoms with E-state index >= 15 is 0 Å². The van der Waals surface area contributed by atoms with Crippen LogP contribution in [0.4, 0.5) is 0 Å². The van der Waals surface area contributed by atoms with Crippen molar-refractivity contribution >= 4 is 0 Å². The fourth-order valence-corrected chi connectivity index (χ4v) is 2.52. The van der Waals surface area contributed by atoms with Crippen molar-refractivity contribution in [2.75, 3.05) is 7.05 Å². The Morgan fingerprint density at radius 1 is 1.05 bits per heavy atom. The summed E-state index contributed by atoms with van der Waals surface area (Å²) in [4.78, 5) is 11.1. The average molecular weight is 269 g/mol. The van der Waals surface area contributed by atoms with Crippen LogP contribution in [0, 0.1) is 0 Å². The molecule has 1 heterocycles. The van der Waals surface area contributed by atoms with E-state index < -0.39 is 0 Å². The number of aromatic nitrogens is 2. The van der Waals surface area contributed by atoms with Crippen LogP contribution in [0.25, 0.3) is 0 Å². The number of benzene rings is 1. The monoisotopic (exact) mass is 269 g/mol. The molecule has 0 spiro atoms. The van der Waals surface area contributed by atoms with Gasteiger partial charge in [0.15, 0.2) is 0 Å². The Hall–Kier alpha value is -1.74. The maximum Gasteiger partial charge on any atom is 0.127 e. The Bertz CT molecular complexity index is 508. The van der Waals surface area contributed by atoms with E-state index in [1.165, 1.54) is 11.1 Å². The highest BCUT2D eigenvalue weighted by Crippen LogP contribution is 2.23. The maximum absolute atomic E-state index is 4.37. The van der Waals surface area contributed by atoms with E-state index in [0.717, 1.165) is 25.2 Å². The molecule has 1 atom stereocenters. The van der Waals surface area contributed by atoms with Crippen molar-refractivity contribution < 1.29 is 0 Å². The normalized spacial score (nSPS) is 12.6. The van der Waals surface area contributed by atoms with Gasteiger partial charge in [-0.15, -0.1) is 0 Å². The average Bonchev–Trinajstić information content (AvgIpc) is 2.50. The molecule has 0 amide bonds. The third-order valence-electron chi connectivity index (χ3n) is 3.61. The van der Waals surface area contributed by atoms with Crippen LogP contribution >= 0.6 is 0 Å². The van der Waals surface area contributed by atoms with Crippen LogP contribution in [0.5, 0.6) is 0 Å². The van der Waals surface area contributed by atoms with Crippen LogP contribution < -0.4 is 0 Å². The van der Waals surface area contributed by atoms with E-state index in [9.17, 15) is 0 Å². The van der Waals surface area contributed by atoms with Gasteiger partial charge in [-0.05, 0) is 19.0 Å². The van der Waals surface area contributed by atoms with Gasteiger partial charge < -0.3 is 0 Å². The minimum absolute atomic E-state index is 0.432. The molecular weight excluding hydrogens is 246 g/mol. The summed E-state index contributed by atoms with van der Waals surface area (Å²) in [5.74, 6) is 0.909. The molecule has 0 aliphatic carbocycles. The van der Waals surface area contributed by atoms with Crippen molar-refractivity contribution in [1.82, 2.24) is 14.9 Å². The summed E-state index contributed by atoms with van der Waals surface area (Å²) in [5.41, 5.74) is 2.53. The third kappa shape index (κ3) is 3.64. The summed E-state index contributed by atoms with van der Waals surface area (Å²) in [6.45, 7) is 5.17. The molecule has 2 rings (SSSR count). The maximum atomic E-state index is 4.37. The fourth-order valence-electron chi connectivity index (χ4n) is 2.52. The molecule has 0 aliphatic heterocycles. The number of aryl methyl sites for hydroxylation is 1. The molecule has 0 N–H and O–H groups in total. The minimum atomic E-state index is 0.432. The van der Waals surface area contributed by atoms with Crippen LogP contribution in [0.2, 0.25) is 0 Å². The van der Waals surface area contributed by atoms with Crippen LogP contribution in [-0.4, -0.2) is 21.9 Å². The van der Waals surface area contributed by atoms with Gasteiger partial charge in [-0.1, -0.05) is 44.2 Å². The molecule has 1 aromatic heterocycles. The van der Waals surface area contributed by atoms with Gasteiger partial charge in [0, 0.05) is 37.0 Å². The quantitative estimate of drug-likeness (QED) is 0.802. The second-order valence-corrected chi connectivity index (χ2v) is 5.11. The lowest BCUT2D eigenvalue weighted by atomic mass is 10.0. The van der Waals surface area contributed by atoms with Gasteiger partial charge in [-0.3, -0.25) is 4.90 Å². The second-order valence-electron chi connectivity index (χ2n) is 5.11. The van der Waals surface area contributed by atoms with Crippen LogP contribution in [0.3, 0.4) is 0 Å². The zero-order chi connectivity index (χ0) is 14.4. The highest BCUT2D eigenvalue weighted by Gasteiger charge is 2.15. The Labute approximate surface area is 121 Å². The van der Waals surface area contributed by atoms with Gasteiger partial charge >= 0.3 is 0 Å². The van der Waals surface area contributed by atoms with Crippen LogP contribution in [0.1, 0.15) is 43.3 Å². The summed E-state index contributed by atoms with van der Waals surface area (Å²) < 4.78 is 0. The molecule has 0 aliphatic rings. The summed E-state index contributed by atoms with van der Waals surface area (Å²) >= 11 is 0. The minimum Gasteiger partial charge on any atom is -0.295 e. The molecule has 3 nitrogen and oxygen atoms in total.